The minimum atomic E-state index is -0.144. The highest BCUT2D eigenvalue weighted by Gasteiger charge is 2.29. The molecule has 2 aromatic rings. The van der Waals surface area contributed by atoms with E-state index in [4.69, 9.17) is 4.74 Å². The Bertz CT molecular complexity index is 821. The fourth-order valence-corrected chi connectivity index (χ4v) is 3.85. The summed E-state index contributed by atoms with van der Waals surface area (Å²) in [7, 11) is 0. The normalized spacial score (nSPS) is 22.1. The number of hydrogen-bond acceptors (Lipinski definition) is 3. The summed E-state index contributed by atoms with van der Waals surface area (Å²) in [5.74, 6) is -0.0219. The maximum atomic E-state index is 12.7. The average molecular weight is 364 g/mol. The van der Waals surface area contributed by atoms with Crippen LogP contribution in [0.2, 0.25) is 0 Å². The summed E-state index contributed by atoms with van der Waals surface area (Å²) in [6.45, 7) is 1.73. The van der Waals surface area contributed by atoms with Crippen LogP contribution in [0.4, 0.5) is 5.69 Å². The highest BCUT2D eigenvalue weighted by atomic mass is 16.5. The number of para-hydroxylation sites is 1. The Morgan fingerprint density at radius 2 is 1.89 bits per heavy atom. The predicted octanol–water partition coefficient (Wildman–Crippen LogP) is 3.18. The van der Waals surface area contributed by atoms with Crippen LogP contribution in [0.25, 0.3) is 0 Å². The molecule has 1 saturated heterocycles. The van der Waals surface area contributed by atoms with Gasteiger partial charge in [0, 0.05) is 24.6 Å². The summed E-state index contributed by atoms with van der Waals surface area (Å²) in [4.78, 5) is 26.9. The Hall–Kier alpha value is -2.66. The molecule has 140 valence electrons. The van der Waals surface area contributed by atoms with Gasteiger partial charge in [0.15, 0.2) is 0 Å². The van der Waals surface area contributed by atoms with E-state index in [2.05, 4.69) is 5.32 Å². The second-order valence-corrected chi connectivity index (χ2v) is 7.20. The van der Waals surface area contributed by atoms with Crippen LogP contribution in [0.3, 0.4) is 0 Å². The SMILES string of the molecule is O=C1Nc2ccccc2C[C@H]1CCC(=O)N1CCO[C@H](c2ccccc2)C1. The van der Waals surface area contributed by atoms with Gasteiger partial charge in [-0.2, -0.15) is 0 Å². The summed E-state index contributed by atoms with van der Waals surface area (Å²) in [6.07, 6.45) is 1.59. The van der Waals surface area contributed by atoms with Crippen molar-refractivity contribution in [2.45, 2.75) is 25.4 Å². The minimum absolute atomic E-state index is 0.0191. The Morgan fingerprint density at radius 1 is 1.11 bits per heavy atom. The van der Waals surface area contributed by atoms with Gasteiger partial charge in [0.05, 0.1) is 13.2 Å². The molecule has 2 aromatic carbocycles. The summed E-state index contributed by atoms with van der Waals surface area (Å²) in [5.41, 5.74) is 3.13. The number of amides is 2. The molecule has 0 unspecified atom stereocenters. The molecule has 1 fully saturated rings. The first-order chi connectivity index (χ1) is 13.2. The Balaban J connectivity index is 1.33. The summed E-state index contributed by atoms with van der Waals surface area (Å²) >= 11 is 0. The van der Waals surface area contributed by atoms with Crippen molar-refractivity contribution in [2.75, 3.05) is 25.0 Å². The van der Waals surface area contributed by atoms with Gasteiger partial charge in [-0.25, -0.2) is 0 Å². The van der Waals surface area contributed by atoms with E-state index in [1.807, 2.05) is 59.5 Å². The molecule has 2 amide bonds. The highest BCUT2D eigenvalue weighted by Crippen LogP contribution is 2.28. The number of ether oxygens (including phenoxy) is 1. The van der Waals surface area contributed by atoms with Crippen LogP contribution in [-0.4, -0.2) is 36.4 Å². The van der Waals surface area contributed by atoms with Crippen LogP contribution >= 0.6 is 0 Å². The number of carbonyl (C=O) groups is 2. The molecular formula is C22H24N2O3. The van der Waals surface area contributed by atoms with Crippen LogP contribution in [0, 0.1) is 5.92 Å². The zero-order chi connectivity index (χ0) is 18.6. The zero-order valence-corrected chi connectivity index (χ0v) is 15.3. The van der Waals surface area contributed by atoms with Gasteiger partial charge in [0.2, 0.25) is 11.8 Å². The van der Waals surface area contributed by atoms with Crippen molar-refractivity contribution in [3.05, 3.63) is 65.7 Å². The highest BCUT2D eigenvalue weighted by molar-refractivity contribution is 5.96. The predicted molar refractivity (Wildman–Crippen MR) is 103 cm³/mol. The smallest absolute Gasteiger partial charge is 0.227 e. The summed E-state index contributed by atoms with van der Waals surface area (Å²) in [6, 6.07) is 17.9. The molecule has 0 spiro atoms. The molecule has 2 aliphatic heterocycles. The van der Waals surface area contributed by atoms with E-state index in [0.29, 0.717) is 39.0 Å². The van der Waals surface area contributed by atoms with Crippen molar-refractivity contribution < 1.29 is 14.3 Å². The van der Waals surface area contributed by atoms with E-state index in [9.17, 15) is 9.59 Å². The third-order valence-electron chi connectivity index (χ3n) is 5.41. The van der Waals surface area contributed by atoms with Crippen molar-refractivity contribution in [1.29, 1.82) is 0 Å². The maximum Gasteiger partial charge on any atom is 0.227 e. The molecule has 0 bridgehead atoms. The summed E-state index contributed by atoms with van der Waals surface area (Å²) < 4.78 is 5.84. The first-order valence-corrected chi connectivity index (χ1v) is 9.54. The first kappa shape index (κ1) is 17.7. The second kappa shape index (κ2) is 7.92. The van der Waals surface area contributed by atoms with Crippen LogP contribution in [-0.2, 0) is 20.7 Å². The molecule has 27 heavy (non-hydrogen) atoms. The molecule has 1 N–H and O–H groups in total. The number of nitrogens with zero attached hydrogens (tertiary/aromatic N) is 1. The molecular weight excluding hydrogens is 340 g/mol. The third-order valence-corrected chi connectivity index (χ3v) is 5.41. The van der Waals surface area contributed by atoms with Crippen LogP contribution in [0.1, 0.15) is 30.1 Å². The van der Waals surface area contributed by atoms with E-state index in [0.717, 1.165) is 16.8 Å². The number of fused-ring (bicyclic) bond motifs is 1. The second-order valence-electron chi connectivity index (χ2n) is 7.20. The quantitative estimate of drug-likeness (QED) is 0.906. The minimum Gasteiger partial charge on any atom is -0.370 e. The van der Waals surface area contributed by atoms with Gasteiger partial charge in [-0.3, -0.25) is 9.59 Å². The standard InChI is InChI=1S/C22H24N2O3/c25-21(24-12-13-27-20(15-24)16-6-2-1-3-7-16)11-10-18-14-17-8-4-5-9-19(17)23-22(18)26/h1-9,18,20H,10-15H2,(H,23,26)/t18-,20+/m1/s1. The van der Waals surface area contributed by atoms with Gasteiger partial charge >= 0.3 is 0 Å². The molecule has 2 heterocycles. The van der Waals surface area contributed by atoms with E-state index >= 15 is 0 Å². The molecule has 5 heteroatoms. The van der Waals surface area contributed by atoms with Gasteiger partial charge in [0.1, 0.15) is 6.10 Å². The molecule has 2 aliphatic rings. The molecule has 2 atom stereocenters. The zero-order valence-electron chi connectivity index (χ0n) is 15.3. The van der Waals surface area contributed by atoms with Gasteiger partial charge in [-0.15, -0.1) is 0 Å². The van der Waals surface area contributed by atoms with E-state index in [1.165, 1.54) is 0 Å². The number of benzene rings is 2. The molecule has 0 aromatic heterocycles. The molecule has 0 radical (unpaired) electrons. The monoisotopic (exact) mass is 364 g/mol. The van der Waals surface area contributed by atoms with Gasteiger partial charge < -0.3 is 15.0 Å². The lowest BCUT2D eigenvalue weighted by Gasteiger charge is -2.33. The largest absolute Gasteiger partial charge is 0.370 e. The Kier molecular flexibility index (Phi) is 5.21. The molecule has 5 nitrogen and oxygen atoms in total. The van der Waals surface area contributed by atoms with Crippen molar-refractivity contribution in [3.63, 3.8) is 0 Å². The lowest BCUT2D eigenvalue weighted by Crippen LogP contribution is -2.42. The third kappa shape index (κ3) is 4.03. The first-order valence-electron chi connectivity index (χ1n) is 9.54. The average Bonchev–Trinajstić information content (AvgIpc) is 2.72. The molecule has 4 rings (SSSR count). The number of anilines is 1. The van der Waals surface area contributed by atoms with Crippen LogP contribution < -0.4 is 5.32 Å². The number of nitrogens with one attached hydrogen (secondary N) is 1. The lowest BCUT2D eigenvalue weighted by atomic mass is 9.89. The number of carbonyl (C=O) groups excluding carboxylic acids is 2. The fourth-order valence-electron chi connectivity index (χ4n) is 3.85. The van der Waals surface area contributed by atoms with Crippen molar-refractivity contribution in [3.8, 4) is 0 Å². The number of hydrogen-bond donors (Lipinski definition) is 1. The Labute approximate surface area is 159 Å². The molecule has 0 aliphatic carbocycles. The maximum absolute atomic E-state index is 12.7. The molecule has 0 saturated carbocycles. The fraction of sp³-hybridized carbons (Fsp3) is 0.364. The van der Waals surface area contributed by atoms with Crippen molar-refractivity contribution in [1.82, 2.24) is 4.90 Å². The Morgan fingerprint density at radius 3 is 2.74 bits per heavy atom. The van der Waals surface area contributed by atoms with E-state index in [1.54, 1.807) is 0 Å². The van der Waals surface area contributed by atoms with Gasteiger partial charge in [-0.1, -0.05) is 48.5 Å². The van der Waals surface area contributed by atoms with E-state index in [-0.39, 0.29) is 23.8 Å². The van der Waals surface area contributed by atoms with Crippen molar-refractivity contribution >= 4 is 17.5 Å². The summed E-state index contributed by atoms with van der Waals surface area (Å²) in [5, 5.41) is 2.96. The number of morpholine rings is 1. The van der Waals surface area contributed by atoms with Gasteiger partial charge in [-0.05, 0) is 30.0 Å². The van der Waals surface area contributed by atoms with Gasteiger partial charge in [0.25, 0.3) is 0 Å². The van der Waals surface area contributed by atoms with Crippen LogP contribution in [0.5, 0.6) is 0 Å². The van der Waals surface area contributed by atoms with E-state index < -0.39 is 0 Å². The number of rotatable bonds is 4. The van der Waals surface area contributed by atoms with Crippen molar-refractivity contribution in [2.24, 2.45) is 5.92 Å². The lowest BCUT2D eigenvalue weighted by molar-refractivity contribution is -0.139. The van der Waals surface area contributed by atoms with Crippen LogP contribution in [0.15, 0.2) is 54.6 Å². The topological polar surface area (TPSA) is 58.6 Å².